The predicted octanol–water partition coefficient (Wildman–Crippen LogP) is 2.36. The molecule has 1 saturated heterocycles. The maximum atomic E-state index is 12.4. The minimum Gasteiger partial charge on any atom is -0.371 e. The van der Waals surface area contributed by atoms with Gasteiger partial charge in [0.2, 0.25) is 0 Å². The lowest BCUT2D eigenvalue weighted by atomic mass is 10.2. The van der Waals surface area contributed by atoms with Crippen molar-refractivity contribution in [1.82, 2.24) is 9.88 Å². The molecule has 0 radical (unpaired) electrons. The summed E-state index contributed by atoms with van der Waals surface area (Å²) in [6.45, 7) is 3.12. The molecule has 2 atom stereocenters. The summed E-state index contributed by atoms with van der Waals surface area (Å²) in [5.41, 5.74) is 0.495. The zero-order valence-corrected chi connectivity index (χ0v) is 12.3. The summed E-state index contributed by atoms with van der Waals surface area (Å²) in [6.07, 6.45) is 3.12. The molecule has 0 saturated carbocycles. The van der Waals surface area contributed by atoms with Crippen molar-refractivity contribution >= 4 is 33.4 Å². The zero-order valence-electron chi connectivity index (χ0n) is 9.97. The average molecular weight is 334 g/mol. The Bertz CT molecular complexity index is 444. The molecule has 0 N–H and O–H groups in total. The fourth-order valence-electron chi connectivity index (χ4n) is 2.02. The lowest BCUT2D eigenvalue weighted by molar-refractivity contribution is -0.0559. The van der Waals surface area contributed by atoms with Gasteiger partial charge in [0.15, 0.2) is 0 Å². The highest BCUT2D eigenvalue weighted by atomic mass is 79.9. The van der Waals surface area contributed by atoms with E-state index in [1.165, 1.54) is 6.20 Å². The largest absolute Gasteiger partial charge is 0.371 e. The van der Waals surface area contributed by atoms with Crippen molar-refractivity contribution in [2.75, 3.05) is 18.4 Å². The van der Waals surface area contributed by atoms with Crippen LogP contribution >= 0.6 is 27.5 Å². The second-order valence-corrected chi connectivity index (χ2v) is 5.34. The molecule has 2 unspecified atom stereocenters. The van der Waals surface area contributed by atoms with Gasteiger partial charge < -0.3 is 9.64 Å². The van der Waals surface area contributed by atoms with E-state index in [2.05, 4.69) is 20.9 Å². The Balaban J connectivity index is 2.16. The van der Waals surface area contributed by atoms with Crippen molar-refractivity contribution in [3.63, 3.8) is 0 Å². The summed E-state index contributed by atoms with van der Waals surface area (Å²) >= 11 is 9.38. The summed E-state index contributed by atoms with van der Waals surface area (Å²) in [7, 11) is 0. The lowest BCUT2D eigenvalue weighted by Gasteiger charge is -2.36. The first-order valence-electron chi connectivity index (χ1n) is 5.72. The molecule has 0 bridgehead atoms. The maximum Gasteiger partial charge on any atom is 0.255 e. The monoisotopic (exact) mass is 332 g/mol. The molecule has 0 aliphatic carbocycles. The summed E-state index contributed by atoms with van der Waals surface area (Å²) in [5, 5.41) is 1.10. The normalized spacial score (nSPS) is 24.1. The topological polar surface area (TPSA) is 42.4 Å². The van der Waals surface area contributed by atoms with Gasteiger partial charge in [-0.2, -0.15) is 0 Å². The highest BCUT2D eigenvalue weighted by molar-refractivity contribution is 9.09. The summed E-state index contributed by atoms with van der Waals surface area (Å²) in [4.78, 5) is 18.0. The van der Waals surface area contributed by atoms with E-state index >= 15 is 0 Å². The van der Waals surface area contributed by atoms with Gasteiger partial charge in [0.25, 0.3) is 5.91 Å². The smallest absolute Gasteiger partial charge is 0.255 e. The summed E-state index contributed by atoms with van der Waals surface area (Å²) < 4.78 is 5.70. The molecular formula is C12H14BrClN2O2. The average Bonchev–Trinajstić information content (AvgIpc) is 2.37. The summed E-state index contributed by atoms with van der Waals surface area (Å²) in [6, 6.07) is 1.65. The van der Waals surface area contributed by atoms with E-state index in [0.717, 1.165) is 0 Å². The molecule has 6 heteroatoms. The molecule has 98 valence electrons. The Kier molecular flexibility index (Phi) is 4.59. The maximum absolute atomic E-state index is 12.4. The van der Waals surface area contributed by atoms with Crippen molar-refractivity contribution in [3.05, 3.63) is 29.0 Å². The van der Waals surface area contributed by atoms with Crippen LogP contribution in [-0.2, 0) is 4.74 Å². The van der Waals surface area contributed by atoms with Gasteiger partial charge in [-0.15, -0.1) is 0 Å². The van der Waals surface area contributed by atoms with E-state index in [1.807, 2.05) is 6.92 Å². The number of carbonyl (C=O) groups is 1. The van der Waals surface area contributed by atoms with E-state index in [-0.39, 0.29) is 18.1 Å². The molecule has 1 aliphatic heterocycles. The van der Waals surface area contributed by atoms with Gasteiger partial charge in [0.05, 0.1) is 22.8 Å². The Hall–Kier alpha value is -0.650. The molecule has 1 amide bonds. The second-order valence-electron chi connectivity index (χ2n) is 4.29. The van der Waals surface area contributed by atoms with Gasteiger partial charge in [-0.05, 0) is 13.0 Å². The number of nitrogens with zero attached hydrogens (tertiary/aromatic N) is 2. The Morgan fingerprint density at radius 1 is 1.67 bits per heavy atom. The van der Waals surface area contributed by atoms with Crippen molar-refractivity contribution in [3.8, 4) is 0 Å². The van der Waals surface area contributed by atoms with Crippen LogP contribution < -0.4 is 0 Å². The Labute approximate surface area is 119 Å². The number of carbonyl (C=O) groups excluding carboxylic acids is 1. The van der Waals surface area contributed by atoms with Crippen molar-refractivity contribution in [1.29, 1.82) is 0 Å². The third-order valence-corrected chi connectivity index (χ3v) is 3.81. The number of pyridine rings is 1. The van der Waals surface area contributed by atoms with Gasteiger partial charge >= 0.3 is 0 Å². The standard InChI is InChI=1S/C12H14BrClN2O2/c1-8-6-16(7-9(4-13)18-8)12(17)10-2-3-15-5-11(10)14/h2-3,5,8-9H,4,6-7H2,1H3. The van der Waals surface area contributed by atoms with E-state index in [4.69, 9.17) is 16.3 Å². The number of halogens is 2. The SMILES string of the molecule is CC1CN(C(=O)c2ccncc2Cl)CC(CBr)O1. The van der Waals surface area contributed by atoms with Crippen molar-refractivity contribution < 1.29 is 9.53 Å². The second kappa shape index (κ2) is 5.99. The van der Waals surface area contributed by atoms with Crippen LogP contribution in [0.1, 0.15) is 17.3 Å². The van der Waals surface area contributed by atoms with Crippen LogP contribution in [0, 0.1) is 0 Å². The quantitative estimate of drug-likeness (QED) is 0.780. The number of aromatic nitrogens is 1. The molecule has 4 nitrogen and oxygen atoms in total. The highest BCUT2D eigenvalue weighted by Gasteiger charge is 2.29. The summed E-state index contributed by atoms with van der Waals surface area (Å²) in [5.74, 6) is -0.0662. The number of alkyl halides is 1. The van der Waals surface area contributed by atoms with Crippen LogP contribution in [0.5, 0.6) is 0 Å². The van der Waals surface area contributed by atoms with Crippen molar-refractivity contribution in [2.24, 2.45) is 0 Å². The number of morpholine rings is 1. The van der Waals surface area contributed by atoms with Gasteiger partial charge in [-0.1, -0.05) is 27.5 Å². The molecule has 1 aliphatic rings. The zero-order chi connectivity index (χ0) is 13.1. The molecule has 0 aromatic carbocycles. The molecule has 2 rings (SSSR count). The van der Waals surface area contributed by atoms with Gasteiger partial charge in [0, 0.05) is 30.8 Å². The lowest BCUT2D eigenvalue weighted by Crippen LogP contribution is -2.49. The number of hydrogen-bond acceptors (Lipinski definition) is 3. The molecule has 2 heterocycles. The Morgan fingerprint density at radius 3 is 3.11 bits per heavy atom. The molecule has 18 heavy (non-hydrogen) atoms. The third kappa shape index (κ3) is 3.02. The first-order chi connectivity index (χ1) is 8.61. The number of hydrogen-bond donors (Lipinski definition) is 0. The molecule has 1 aromatic heterocycles. The molecule has 0 spiro atoms. The van der Waals surface area contributed by atoms with E-state index in [9.17, 15) is 4.79 Å². The molecule has 1 aromatic rings. The van der Waals surface area contributed by atoms with Crippen LogP contribution in [0.3, 0.4) is 0 Å². The predicted molar refractivity (Wildman–Crippen MR) is 73.3 cm³/mol. The van der Waals surface area contributed by atoms with Gasteiger partial charge in [-0.3, -0.25) is 9.78 Å². The van der Waals surface area contributed by atoms with Gasteiger partial charge in [-0.25, -0.2) is 0 Å². The van der Waals surface area contributed by atoms with Gasteiger partial charge in [0.1, 0.15) is 0 Å². The Morgan fingerprint density at radius 2 is 2.44 bits per heavy atom. The number of ether oxygens (including phenoxy) is 1. The van der Waals surface area contributed by atoms with Crippen molar-refractivity contribution in [2.45, 2.75) is 19.1 Å². The minimum absolute atomic E-state index is 0.0262. The van der Waals surface area contributed by atoms with E-state index < -0.39 is 0 Å². The molecule has 1 fully saturated rings. The van der Waals surface area contributed by atoms with Crippen LogP contribution in [0.2, 0.25) is 5.02 Å². The minimum atomic E-state index is -0.0662. The van der Waals surface area contributed by atoms with Crippen LogP contribution in [-0.4, -0.2) is 46.4 Å². The van der Waals surface area contributed by atoms with E-state index in [0.29, 0.717) is 29.0 Å². The fraction of sp³-hybridized carbons (Fsp3) is 0.500. The fourth-order valence-corrected chi connectivity index (χ4v) is 2.57. The first-order valence-corrected chi connectivity index (χ1v) is 7.22. The van der Waals surface area contributed by atoms with E-state index in [1.54, 1.807) is 17.2 Å². The van der Waals surface area contributed by atoms with Crippen LogP contribution in [0.25, 0.3) is 0 Å². The highest BCUT2D eigenvalue weighted by Crippen LogP contribution is 2.19. The third-order valence-electron chi connectivity index (χ3n) is 2.79. The number of amides is 1. The number of rotatable bonds is 2. The molecular weight excluding hydrogens is 320 g/mol. The van der Waals surface area contributed by atoms with Crippen LogP contribution in [0.15, 0.2) is 18.5 Å². The first kappa shape index (κ1) is 13.8. The van der Waals surface area contributed by atoms with Crippen LogP contribution in [0.4, 0.5) is 0 Å².